The normalized spacial score (nSPS) is 33.3. The molecular weight excluding hydrogens is 218 g/mol. The maximum Gasteiger partial charge on any atom is 0.0501 e. The number of hydrogen-bond donors (Lipinski definition) is 1. The van der Waals surface area contributed by atoms with Crippen molar-refractivity contribution in [2.24, 2.45) is 5.92 Å². The summed E-state index contributed by atoms with van der Waals surface area (Å²) in [7, 11) is -0.579. The van der Waals surface area contributed by atoms with Crippen LogP contribution in [0, 0.1) is 5.92 Å². The summed E-state index contributed by atoms with van der Waals surface area (Å²) in [5.74, 6) is 1.75. The van der Waals surface area contributed by atoms with Crippen LogP contribution < -0.4 is 5.32 Å². The summed E-state index contributed by atoms with van der Waals surface area (Å²) >= 11 is 0. The number of nitrogens with one attached hydrogen (secondary N) is 1. The second-order valence-corrected chi connectivity index (χ2v) is 7.03. The fourth-order valence-corrected chi connectivity index (χ4v) is 5.34. The average Bonchev–Trinajstić information content (AvgIpc) is 2.89. The van der Waals surface area contributed by atoms with Gasteiger partial charge in [-0.25, -0.2) is 0 Å². The van der Waals surface area contributed by atoms with E-state index in [9.17, 15) is 4.21 Å². The van der Waals surface area contributed by atoms with Crippen molar-refractivity contribution >= 4 is 10.8 Å². The SMILES string of the molecule is CCNC1CCCC1S(=O)CC1CCCC1. The van der Waals surface area contributed by atoms with Gasteiger partial charge in [0.05, 0.1) is 5.25 Å². The van der Waals surface area contributed by atoms with Gasteiger partial charge in [0.25, 0.3) is 0 Å². The molecule has 2 aliphatic carbocycles. The molecule has 0 bridgehead atoms. The molecule has 0 amide bonds. The molecule has 0 radical (unpaired) electrons. The molecule has 2 fully saturated rings. The van der Waals surface area contributed by atoms with E-state index in [1.54, 1.807) is 0 Å². The van der Waals surface area contributed by atoms with Crippen LogP contribution >= 0.6 is 0 Å². The minimum Gasteiger partial charge on any atom is -0.313 e. The van der Waals surface area contributed by atoms with E-state index in [1.165, 1.54) is 44.9 Å². The van der Waals surface area contributed by atoms with E-state index < -0.39 is 10.8 Å². The summed E-state index contributed by atoms with van der Waals surface area (Å²) in [4.78, 5) is 0. The number of rotatable bonds is 5. The Balaban J connectivity index is 1.82. The van der Waals surface area contributed by atoms with Crippen LogP contribution in [0.3, 0.4) is 0 Å². The molecule has 16 heavy (non-hydrogen) atoms. The molecule has 94 valence electrons. The monoisotopic (exact) mass is 243 g/mol. The highest BCUT2D eigenvalue weighted by Crippen LogP contribution is 2.29. The van der Waals surface area contributed by atoms with Crippen molar-refractivity contribution in [3.8, 4) is 0 Å². The average molecular weight is 243 g/mol. The third-order valence-corrected chi connectivity index (χ3v) is 6.17. The first-order valence-corrected chi connectivity index (χ1v) is 8.30. The van der Waals surface area contributed by atoms with Crippen LogP contribution in [0.5, 0.6) is 0 Å². The molecule has 3 unspecified atom stereocenters. The molecule has 0 spiro atoms. The summed E-state index contributed by atoms with van der Waals surface area (Å²) in [6.45, 7) is 3.16. The molecule has 2 aliphatic rings. The zero-order chi connectivity index (χ0) is 11.4. The lowest BCUT2D eigenvalue weighted by Gasteiger charge is -2.21. The summed E-state index contributed by atoms with van der Waals surface area (Å²) in [5.41, 5.74) is 0. The first-order valence-electron chi connectivity index (χ1n) is 6.91. The van der Waals surface area contributed by atoms with Crippen LogP contribution in [0.15, 0.2) is 0 Å². The zero-order valence-corrected chi connectivity index (χ0v) is 11.2. The molecule has 2 nitrogen and oxygen atoms in total. The van der Waals surface area contributed by atoms with Gasteiger partial charge < -0.3 is 5.32 Å². The van der Waals surface area contributed by atoms with Crippen LogP contribution in [0.1, 0.15) is 51.9 Å². The van der Waals surface area contributed by atoms with Gasteiger partial charge in [0.2, 0.25) is 0 Å². The van der Waals surface area contributed by atoms with E-state index in [1.807, 2.05) is 0 Å². The van der Waals surface area contributed by atoms with Crippen LogP contribution in [-0.2, 0) is 10.8 Å². The predicted octanol–water partition coefficient (Wildman–Crippen LogP) is 2.46. The Morgan fingerprint density at radius 2 is 1.88 bits per heavy atom. The Kier molecular flexibility index (Phi) is 4.83. The molecule has 1 N–H and O–H groups in total. The second-order valence-electron chi connectivity index (χ2n) is 5.33. The Morgan fingerprint density at radius 3 is 2.56 bits per heavy atom. The first kappa shape index (κ1) is 12.6. The molecule has 0 aromatic rings. The predicted molar refractivity (Wildman–Crippen MR) is 70.1 cm³/mol. The molecule has 0 saturated heterocycles. The molecule has 0 aliphatic heterocycles. The van der Waals surface area contributed by atoms with Gasteiger partial charge in [0.1, 0.15) is 0 Å². The van der Waals surface area contributed by atoms with Gasteiger partial charge in [0, 0.05) is 22.6 Å². The zero-order valence-electron chi connectivity index (χ0n) is 10.4. The first-order chi connectivity index (χ1) is 7.81. The van der Waals surface area contributed by atoms with Crippen molar-refractivity contribution in [1.29, 1.82) is 0 Å². The smallest absolute Gasteiger partial charge is 0.0501 e. The molecular formula is C13H25NOS. The fourth-order valence-electron chi connectivity index (χ4n) is 3.27. The highest BCUT2D eigenvalue weighted by molar-refractivity contribution is 7.85. The number of hydrogen-bond acceptors (Lipinski definition) is 2. The lowest BCUT2D eigenvalue weighted by atomic mass is 10.1. The van der Waals surface area contributed by atoms with Crippen LogP contribution in [0.2, 0.25) is 0 Å². The fraction of sp³-hybridized carbons (Fsp3) is 1.00. The van der Waals surface area contributed by atoms with Crippen molar-refractivity contribution < 1.29 is 4.21 Å². The summed E-state index contributed by atoms with van der Waals surface area (Å²) in [6.07, 6.45) is 9.05. The molecule has 2 rings (SSSR count). The van der Waals surface area contributed by atoms with Crippen LogP contribution in [0.25, 0.3) is 0 Å². The topological polar surface area (TPSA) is 29.1 Å². The van der Waals surface area contributed by atoms with Crippen LogP contribution in [-0.4, -0.2) is 27.8 Å². The maximum absolute atomic E-state index is 12.4. The van der Waals surface area contributed by atoms with E-state index >= 15 is 0 Å². The van der Waals surface area contributed by atoms with Gasteiger partial charge in [0.15, 0.2) is 0 Å². The highest BCUT2D eigenvalue weighted by atomic mass is 32.2. The Morgan fingerprint density at radius 1 is 1.12 bits per heavy atom. The van der Waals surface area contributed by atoms with E-state index in [-0.39, 0.29) is 0 Å². The Bertz CT molecular complexity index is 238. The molecule has 0 aromatic heterocycles. The van der Waals surface area contributed by atoms with Gasteiger partial charge >= 0.3 is 0 Å². The van der Waals surface area contributed by atoms with Crippen molar-refractivity contribution in [3.63, 3.8) is 0 Å². The molecule has 3 atom stereocenters. The Labute approximate surface area is 102 Å². The van der Waals surface area contributed by atoms with Gasteiger partial charge in [-0.2, -0.15) is 0 Å². The lowest BCUT2D eigenvalue weighted by Crippen LogP contribution is -2.39. The van der Waals surface area contributed by atoms with E-state index in [0.29, 0.717) is 11.3 Å². The van der Waals surface area contributed by atoms with E-state index in [2.05, 4.69) is 12.2 Å². The van der Waals surface area contributed by atoms with Gasteiger partial charge in [-0.3, -0.25) is 4.21 Å². The molecule has 0 heterocycles. The second kappa shape index (κ2) is 6.15. The van der Waals surface area contributed by atoms with Crippen LogP contribution in [0.4, 0.5) is 0 Å². The molecule has 3 heteroatoms. The maximum atomic E-state index is 12.4. The highest BCUT2D eigenvalue weighted by Gasteiger charge is 2.32. The van der Waals surface area contributed by atoms with E-state index in [4.69, 9.17) is 0 Å². The summed E-state index contributed by atoms with van der Waals surface area (Å²) in [5, 5.41) is 3.95. The van der Waals surface area contributed by atoms with Gasteiger partial charge in [-0.1, -0.05) is 26.2 Å². The van der Waals surface area contributed by atoms with E-state index in [0.717, 1.165) is 18.2 Å². The van der Waals surface area contributed by atoms with Crippen molar-refractivity contribution in [1.82, 2.24) is 5.32 Å². The lowest BCUT2D eigenvalue weighted by molar-refractivity contribution is 0.535. The quantitative estimate of drug-likeness (QED) is 0.803. The third-order valence-electron chi connectivity index (χ3n) is 4.13. The molecule has 2 saturated carbocycles. The largest absolute Gasteiger partial charge is 0.313 e. The molecule has 0 aromatic carbocycles. The van der Waals surface area contributed by atoms with Crippen molar-refractivity contribution in [3.05, 3.63) is 0 Å². The summed E-state index contributed by atoms with van der Waals surface area (Å²) in [6, 6.07) is 0.534. The third kappa shape index (κ3) is 3.07. The van der Waals surface area contributed by atoms with Crippen molar-refractivity contribution in [2.75, 3.05) is 12.3 Å². The summed E-state index contributed by atoms with van der Waals surface area (Å²) < 4.78 is 12.4. The van der Waals surface area contributed by atoms with Crippen molar-refractivity contribution in [2.45, 2.75) is 63.2 Å². The van der Waals surface area contributed by atoms with Gasteiger partial charge in [-0.15, -0.1) is 0 Å². The standard InChI is InChI=1S/C13H25NOS/c1-2-14-12-8-5-9-13(12)16(15)10-11-6-3-4-7-11/h11-14H,2-10H2,1H3. The minimum atomic E-state index is -0.579. The Hall–Kier alpha value is 0.110. The van der Waals surface area contributed by atoms with Gasteiger partial charge in [-0.05, 0) is 38.1 Å². The minimum absolute atomic E-state index is 0.445.